The quantitative estimate of drug-likeness (QED) is 0.394. The molecule has 15 heteroatoms. The first-order valence-electron chi connectivity index (χ1n) is 11.6. The Kier molecular flexibility index (Phi) is 7.94. The number of anilines is 2. The Balaban J connectivity index is 1.64. The summed E-state index contributed by atoms with van der Waals surface area (Å²) in [5, 5.41) is 11.5. The van der Waals surface area contributed by atoms with Gasteiger partial charge in [-0.2, -0.15) is 13.2 Å². The van der Waals surface area contributed by atoms with Gasteiger partial charge in [0.15, 0.2) is 0 Å². The SMILES string of the molecule is O=C(O)c1cn(C(=O)Nc2cc(NS(=O)(=O)CCN3CCOCC3)cc(C(F)(F)F)c2)c2ccccc2c1=O. The summed E-state index contributed by atoms with van der Waals surface area (Å²) in [7, 11) is -4.06. The Labute approximate surface area is 219 Å². The second kappa shape index (κ2) is 11.0. The highest BCUT2D eigenvalue weighted by molar-refractivity contribution is 7.92. The second-order valence-electron chi connectivity index (χ2n) is 8.67. The maximum absolute atomic E-state index is 13.6. The first-order valence-corrected chi connectivity index (χ1v) is 13.2. The number of carboxylic acid groups (broad SMARTS) is 1. The van der Waals surface area contributed by atoms with E-state index in [9.17, 15) is 41.1 Å². The first-order chi connectivity index (χ1) is 18.3. The number of ether oxygens (including phenoxy) is 1. The van der Waals surface area contributed by atoms with Gasteiger partial charge in [-0.3, -0.25) is 19.0 Å². The van der Waals surface area contributed by atoms with Gasteiger partial charge in [0, 0.05) is 36.9 Å². The van der Waals surface area contributed by atoms with Gasteiger partial charge in [-0.25, -0.2) is 18.0 Å². The van der Waals surface area contributed by atoms with Crippen LogP contribution in [0.3, 0.4) is 0 Å². The molecule has 1 saturated heterocycles. The standard InChI is InChI=1S/C24H23F3N4O7S/c25-24(26,27)15-11-16(13-17(12-15)29-39(36,37)10-7-30-5-8-38-9-6-30)28-23(35)31-14-19(22(33)34)21(32)18-3-1-2-4-20(18)31/h1-4,11-14,29H,5-10H2,(H,28,35)(H,33,34). The van der Waals surface area contributed by atoms with Gasteiger partial charge in [0.05, 0.1) is 35.7 Å². The number of carbonyl (C=O) groups excluding carboxylic acids is 1. The zero-order valence-corrected chi connectivity index (χ0v) is 21.0. The number of aromatic nitrogens is 1. The maximum Gasteiger partial charge on any atom is 0.416 e. The van der Waals surface area contributed by atoms with Crippen LogP contribution in [0.2, 0.25) is 0 Å². The lowest BCUT2D eigenvalue weighted by Crippen LogP contribution is -2.39. The van der Waals surface area contributed by atoms with Crippen molar-refractivity contribution < 1.29 is 41.0 Å². The van der Waals surface area contributed by atoms with Gasteiger partial charge in [-0.05, 0) is 30.3 Å². The average Bonchev–Trinajstić information content (AvgIpc) is 2.87. The zero-order valence-electron chi connectivity index (χ0n) is 20.2. The van der Waals surface area contributed by atoms with Crippen LogP contribution in [0.5, 0.6) is 0 Å². The van der Waals surface area contributed by atoms with E-state index in [1.54, 1.807) is 0 Å². The van der Waals surface area contributed by atoms with Crippen molar-refractivity contribution in [3.8, 4) is 0 Å². The van der Waals surface area contributed by atoms with E-state index in [4.69, 9.17) is 4.74 Å². The maximum atomic E-state index is 13.6. The summed E-state index contributed by atoms with van der Waals surface area (Å²) < 4.78 is 74.2. The number of aromatic carboxylic acids is 1. The van der Waals surface area contributed by atoms with E-state index in [2.05, 4.69) is 10.0 Å². The van der Waals surface area contributed by atoms with Crippen molar-refractivity contribution in [2.45, 2.75) is 6.18 Å². The van der Waals surface area contributed by atoms with Gasteiger partial charge >= 0.3 is 18.2 Å². The number of nitrogens with one attached hydrogen (secondary N) is 2. The molecule has 0 bridgehead atoms. The van der Waals surface area contributed by atoms with E-state index < -0.39 is 56.1 Å². The Hall–Kier alpha value is -3.95. The van der Waals surface area contributed by atoms with E-state index in [1.165, 1.54) is 24.3 Å². The fraction of sp³-hybridized carbons (Fsp3) is 0.292. The van der Waals surface area contributed by atoms with Crippen molar-refractivity contribution in [1.29, 1.82) is 0 Å². The summed E-state index contributed by atoms with van der Waals surface area (Å²) in [6.07, 6.45) is -4.11. The molecule has 39 heavy (non-hydrogen) atoms. The number of morpholine rings is 1. The lowest BCUT2D eigenvalue weighted by molar-refractivity contribution is -0.137. The molecule has 0 unspecified atom stereocenters. The number of carbonyl (C=O) groups is 2. The summed E-state index contributed by atoms with van der Waals surface area (Å²) in [5.74, 6) is -1.98. The third kappa shape index (κ3) is 6.74. The molecule has 2 heterocycles. The van der Waals surface area contributed by atoms with Crippen LogP contribution < -0.4 is 15.5 Å². The number of hydrogen-bond donors (Lipinski definition) is 3. The van der Waals surface area contributed by atoms with Crippen LogP contribution in [-0.4, -0.2) is 73.6 Å². The Morgan fingerprint density at radius 1 is 1.05 bits per heavy atom. The van der Waals surface area contributed by atoms with Gasteiger partial charge in [0.25, 0.3) is 0 Å². The van der Waals surface area contributed by atoms with Crippen LogP contribution in [0.1, 0.15) is 15.9 Å². The van der Waals surface area contributed by atoms with Crippen LogP contribution in [0.15, 0.2) is 53.5 Å². The van der Waals surface area contributed by atoms with Crippen molar-refractivity contribution in [2.75, 3.05) is 48.6 Å². The molecule has 1 aliphatic heterocycles. The van der Waals surface area contributed by atoms with Crippen LogP contribution in [-0.2, 0) is 20.9 Å². The summed E-state index contributed by atoms with van der Waals surface area (Å²) in [5.41, 5.74) is -3.63. The van der Waals surface area contributed by atoms with E-state index in [0.29, 0.717) is 38.4 Å². The molecule has 11 nitrogen and oxygen atoms in total. The number of carboxylic acids is 1. The summed E-state index contributed by atoms with van der Waals surface area (Å²) in [6, 6.07) is 6.74. The number of rotatable bonds is 7. The normalized spacial score (nSPS) is 14.7. The molecule has 4 rings (SSSR count). The van der Waals surface area contributed by atoms with E-state index >= 15 is 0 Å². The molecule has 1 amide bonds. The fourth-order valence-corrected chi connectivity index (χ4v) is 5.09. The number of alkyl halides is 3. The number of hydrogen-bond acceptors (Lipinski definition) is 7. The van der Waals surface area contributed by atoms with Crippen LogP contribution >= 0.6 is 0 Å². The van der Waals surface area contributed by atoms with Crippen molar-refractivity contribution >= 4 is 44.3 Å². The van der Waals surface area contributed by atoms with Crippen LogP contribution in [0.25, 0.3) is 10.9 Å². The molecule has 0 spiro atoms. The molecule has 0 aliphatic carbocycles. The molecule has 0 atom stereocenters. The molecular formula is C24H23F3N4O7S. The summed E-state index contributed by atoms with van der Waals surface area (Å²) >= 11 is 0. The molecular weight excluding hydrogens is 545 g/mol. The minimum absolute atomic E-state index is 0.0148. The predicted octanol–water partition coefficient (Wildman–Crippen LogP) is 2.87. The number of nitrogens with zero attached hydrogens (tertiary/aromatic N) is 2. The van der Waals surface area contributed by atoms with Gasteiger partial charge in [-0.1, -0.05) is 12.1 Å². The number of halogens is 3. The van der Waals surface area contributed by atoms with Crippen molar-refractivity contribution in [3.63, 3.8) is 0 Å². The van der Waals surface area contributed by atoms with Gasteiger partial charge < -0.3 is 15.2 Å². The Morgan fingerprint density at radius 2 is 1.72 bits per heavy atom. The second-order valence-corrected chi connectivity index (χ2v) is 10.5. The molecule has 3 N–H and O–H groups in total. The lowest BCUT2D eigenvalue weighted by atomic mass is 10.1. The monoisotopic (exact) mass is 568 g/mol. The minimum atomic E-state index is -4.88. The number of pyridine rings is 1. The molecule has 3 aromatic rings. The summed E-state index contributed by atoms with van der Waals surface area (Å²) in [4.78, 5) is 38.9. The van der Waals surface area contributed by atoms with Crippen LogP contribution in [0, 0.1) is 0 Å². The zero-order chi connectivity index (χ0) is 28.4. The highest BCUT2D eigenvalue weighted by Gasteiger charge is 2.32. The van der Waals surface area contributed by atoms with Crippen LogP contribution in [0.4, 0.5) is 29.3 Å². The number of benzene rings is 2. The summed E-state index contributed by atoms with van der Waals surface area (Å²) in [6.45, 7) is 2.09. The fourth-order valence-electron chi connectivity index (χ4n) is 4.01. The van der Waals surface area contributed by atoms with E-state index in [0.717, 1.165) is 16.8 Å². The Bertz CT molecular complexity index is 1580. The largest absolute Gasteiger partial charge is 0.477 e. The number of sulfonamides is 1. The number of fused-ring (bicyclic) bond motifs is 1. The Morgan fingerprint density at radius 3 is 2.38 bits per heavy atom. The molecule has 208 valence electrons. The molecule has 1 aromatic heterocycles. The van der Waals surface area contributed by atoms with Gasteiger partial charge in [0.1, 0.15) is 5.56 Å². The number of para-hydroxylation sites is 1. The molecule has 0 saturated carbocycles. The van der Waals surface area contributed by atoms with Gasteiger partial charge in [0.2, 0.25) is 15.5 Å². The van der Waals surface area contributed by atoms with E-state index in [1.807, 2.05) is 4.90 Å². The van der Waals surface area contributed by atoms with Crippen molar-refractivity contribution in [3.05, 3.63) is 70.0 Å². The minimum Gasteiger partial charge on any atom is -0.477 e. The third-order valence-electron chi connectivity index (χ3n) is 5.93. The predicted molar refractivity (Wildman–Crippen MR) is 136 cm³/mol. The van der Waals surface area contributed by atoms with Crippen molar-refractivity contribution in [1.82, 2.24) is 9.47 Å². The highest BCUT2D eigenvalue weighted by atomic mass is 32.2. The molecule has 1 fully saturated rings. The number of amides is 1. The average molecular weight is 569 g/mol. The molecule has 0 radical (unpaired) electrons. The highest BCUT2D eigenvalue weighted by Crippen LogP contribution is 2.34. The van der Waals surface area contributed by atoms with Crippen molar-refractivity contribution in [2.24, 2.45) is 0 Å². The molecule has 1 aliphatic rings. The molecule has 2 aromatic carbocycles. The third-order valence-corrected chi connectivity index (χ3v) is 7.19. The smallest absolute Gasteiger partial charge is 0.416 e. The van der Waals surface area contributed by atoms with E-state index in [-0.39, 0.29) is 23.2 Å². The van der Waals surface area contributed by atoms with Gasteiger partial charge in [-0.15, -0.1) is 0 Å². The first kappa shape index (κ1) is 28.1. The lowest BCUT2D eigenvalue weighted by Gasteiger charge is -2.26. The topological polar surface area (TPSA) is 147 Å².